The quantitative estimate of drug-likeness (QED) is 0.563. The second-order valence-electron chi connectivity index (χ2n) is 8.59. The highest BCUT2D eigenvalue weighted by atomic mass is 16.5. The summed E-state index contributed by atoms with van der Waals surface area (Å²) in [6, 6.07) is 7.15. The van der Waals surface area contributed by atoms with Gasteiger partial charge in [-0.1, -0.05) is 19.3 Å². The second kappa shape index (κ2) is 9.99. The molecular weight excluding hydrogens is 406 g/mol. The van der Waals surface area contributed by atoms with E-state index < -0.39 is 5.91 Å². The topological polar surface area (TPSA) is 101 Å². The van der Waals surface area contributed by atoms with E-state index in [9.17, 15) is 9.59 Å². The molecule has 2 aliphatic rings. The first-order valence-corrected chi connectivity index (χ1v) is 11.4. The van der Waals surface area contributed by atoms with Crippen molar-refractivity contribution >= 4 is 22.5 Å². The van der Waals surface area contributed by atoms with Gasteiger partial charge in [0.25, 0.3) is 11.5 Å². The zero-order valence-corrected chi connectivity index (χ0v) is 18.7. The number of hydrogen-bond acceptors (Lipinski definition) is 5. The molecule has 3 N–H and O–H groups in total. The van der Waals surface area contributed by atoms with E-state index >= 15 is 0 Å². The van der Waals surface area contributed by atoms with Crippen LogP contribution in [0.4, 0.5) is 5.69 Å². The average Bonchev–Trinajstić information content (AvgIpc) is 3.61. The molecule has 32 heavy (non-hydrogen) atoms. The summed E-state index contributed by atoms with van der Waals surface area (Å²) in [7, 11) is 0. The van der Waals surface area contributed by atoms with Gasteiger partial charge in [0.05, 0.1) is 23.2 Å². The molecule has 1 aromatic carbocycles. The maximum atomic E-state index is 12.9. The largest absolute Gasteiger partial charge is 0.490 e. The van der Waals surface area contributed by atoms with Gasteiger partial charge < -0.3 is 20.4 Å². The first-order chi connectivity index (χ1) is 15.5. The van der Waals surface area contributed by atoms with Crippen molar-refractivity contribution in [1.82, 2.24) is 20.1 Å². The van der Waals surface area contributed by atoms with Crippen LogP contribution in [0.15, 0.2) is 41.5 Å². The van der Waals surface area contributed by atoms with Crippen LogP contribution >= 0.6 is 0 Å². The molecule has 2 fully saturated rings. The Balaban J connectivity index is 0.000000754. The molecule has 0 spiro atoms. The number of aromatic amines is 1. The number of rotatable bonds is 5. The van der Waals surface area contributed by atoms with E-state index in [0.29, 0.717) is 17.4 Å². The summed E-state index contributed by atoms with van der Waals surface area (Å²) in [6.07, 6.45) is 9.94. The first kappa shape index (κ1) is 22.1. The summed E-state index contributed by atoms with van der Waals surface area (Å²) >= 11 is 0. The van der Waals surface area contributed by atoms with Gasteiger partial charge in [-0.3, -0.25) is 14.3 Å². The monoisotopic (exact) mass is 437 g/mol. The van der Waals surface area contributed by atoms with Crippen molar-refractivity contribution in [2.75, 3.05) is 18.4 Å². The number of hydrogen-bond donors (Lipinski definition) is 3. The van der Waals surface area contributed by atoms with Gasteiger partial charge in [0.1, 0.15) is 11.4 Å². The van der Waals surface area contributed by atoms with Crippen molar-refractivity contribution < 1.29 is 9.53 Å². The van der Waals surface area contributed by atoms with Crippen molar-refractivity contribution in [3.8, 4) is 5.75 Å². The van der Waals surface area contributed by atoms with Gasteiger partial charge in [0.15, 0.2) is 0 Å². The first-order valence-electron chi connectivity index (χ1n) is 11.4. The minimum absolute atomic E-state index is 0.106. The smallest absolute Gasteiger partial charge is 0.271 e. The van der Waals surface area contributed by atoms with E-state index in [1.807, 2.05) is 24.7 Å². The molecule has 3 heterocycles. The van der Waals surface area contributed by atoms with Crippen LogP contribution in [0.1, 0.15) is 62.4 Å². The molecule has 1 saturated heterocycles. The highest BCUT2D eigenvalue weighted by Crippen LogP contribution is 2.29. The van der Waals surface area contributed by atoms with E-state index in [2.05, 4.69) is 15.6 Å². The average molecular weight is 438 g/mol. The van der Waals surface area contributed by atoms with Crippen LogP contribution in [-0.2, 0) is 0 Å². The summed E-state index contributed by atoms with van der Waals surface area (Å²) in [5.74, 6) is 0.0572. The van der Waals surface area contributed by atoms with Crippen molar-refractivity contribution in [3.05, 3.63) is 52.6 Å². The molecule has 1 saturated carbocycles. The molecule has 8 nitrogen and oxygen atoms in total. The Labute approximate surface area is 187 Å². The lowest BCUT2D eigenvalue weighted by Crippen LogP contribution is -2.29. The van der Waals surface area contributed by atoms with Gasteiger partial charge in [-0.05, 0) is 58.0 Å². The molecule has 0 atom stereocenters. The van der Waals surface area contributed by atoms with E-state index in [1.165, 1.54) is 25.5 Å². The standard InChI is InChI=1S/C21H25N5O3.C3H6/c1-13(2)29-19-11-18-14(12-26(25-18)15-5-8-22-9-6-15)10-16(19)20(27)24-17-4-3-7-23-21(17)28;1-2-3-1/h3-4,7,10-13,15,22H,5-6,8-9H2,1-2H3,(H,23,28)(H,24,27);1-3H2. The molecule has 1 aliphatic heterocycles. The number of amides is 1. The van der Waals surface area contributed by atoms with Crippen LogP contribution < -0.4 is 20.9 Å². The van der Waals surface area contributed by atoms with Crippen LogP contribution in [0, 0.1) is 0 Å². The molecule has 0 unspecified atom stereocenters. The number of pyridine rings is 1. The zero-order chi connectivity index (χ0) is 22.5. The molecular formula is C24H31N5O3. The predicted molar refractivity (Wildman–Crippen MR) is 126 cm³/mol. The summed E-state index contributed by atoms with van der Waals surface area (Å²) in [5.41, 5.74) is 0.998. The second-order valence-corrected chi connectivity index (χ2v) is 8.59. The number of benzene rings is 1. The summed E-state index contributed by atoms with van der Waals surface area (Å²) in [6.45, 7) is 5.76. The van der Waals surface area contributed by atoms with E-state index in [1.54, 1.807) is 24.3 Å². The lowest BCUT2D eigenvalue weighted by atomic mass is 10.1. The number of anilines is 1. The molecule has 1 aliphatic carbocycles. The van der Waals surface area contributed by atoms with Crippen molar-refractivity contribution in [1.29, 1.82) is 0 Å². The van der Waals surface area contributed by atoms with Crippen molar-refractivity contribution in [3.63, 3.8) is 0 Å². The number of piperidine rings is 1. The Hall–Kier alpha value is -3.13. The number of carbonyl (C=O) groups excluding carboxylic acids is 1. The summed E-state index contributed by atoms with van der Waals surface area (Å²) in [5, 5.41) is 11.6. The molecule has 3 aromatic rings. The minimum Gasteiger partial charge on any atom is -0.490 e. The van der Waals surface area contributed by atoms with Crippen LogP contribution in [-0.4, -0.2) is 39.9 Å². The van der Waals surface area contributed by atoms with E-state index in [0.717, 1.165) is 36.8 Å². The van der Waals surface area contributed by atoms with Crippen LogP contribution in [0.25, 0.3) is 10.9 Å². The Morgan fingerprint density at radius 3 is 2.62 bits per heavy atom. The number of nitrogens with one attached hydrogen (secondary N) is 3. The number of carbonyl (C=O) groups is 1. The number of aromatic nitrogens is 3. The Bertz CT molecular complexity index is 1120. The fourth-order valence-corrected chi connectivity index (χ4v) is 3.57. The van der Waals surface area contributed by atoms with Crippen LogP contribution in [0.5, 0.6) is 5.75 Å². The highest BCUT2D eigenvalue weighted by Gasteiger charge is 2.20. The molecule has 0 radical (unpaired) electrons. The maximum Gasteiger partial charge on any atom is 0.271 e. The third-order valence-corrected chi connectivity index (χ3v) is 5.33. The number of H-pyrrole nitrogens is 1. The van der Waals surface area contributed by atoms with E-state index in [-0.39, 0.29) is 17.4 Å². The fourth-order valence-electron chi connectivity index (χ4n) is 3.57. The van der Waals surface area contributed by atoms with Gasteiger partial charge in [-0.2, -0.15) is 5.10 Å². The van der Waals surface area contributed by atoms with Gasteiger partial charge in [0, 0.05) is 23.8 Å². The van der Waals surface area contributed by atoms with E-state index in [4.69, 9.17) is 9.84 Å². The summed E-state index contributed by atoms with van der Waals surface area (Å²) in [4.78, 5) is 27.4. The zero-order valence-electron chi connectivity index (χ0n) is 18.7. The molecule has 0 bridgehead atoms. The third-order valence-electron chi connectivity index (χ3n) is 5.33. The van der Waals surface area contributed by atoms with Crippen molar-refractivity contribution in [2.45, 2.75) is 58.1 Å². The predicted octanol–water partition coefficient (Wildman–Crippen LogP) is 3.86. The summed E-state index contributed by atoms with van der Waals surface area (Å²) < 4.78 is 7.89. The Kier molecular flexibility index (Phi) is 6.90. The Morgan fingerprint density at radius 1 is 1.22 bits per heavy atom. The van der Waals surface area contributed by atoms with Gasteiger partial charge in [0.2, 0.25) is 0 Å². The number of ether oxygens (including phenoxy) is 1. The number of fused-ring (bicyclic) bond motifs is 1. The Morgan fingerprint density at radius 2 is 1.97 bits per heavy atom. The molecule has 170 valence electrons. The molecule has 5 rings (SSSR count). The highest BCUT2D eigenvalue weighted by molar-refractivity contribution is 6.08. The maximum absolute atomic E-state index is 12.9. The molecule has 1 amide bonds. The number of nitrogens with zero attached hydrogens (tertiary/aromatic N) is 2. The van der Waals surface area contributed by atoms with Gasteiger partial charge in [-0.15, -0.1) is 0 Å². The molecule has 2 aromatic heterocycles. The van der Waals surface area contributed by atoms with Crippen LogP contribution in [0.3, 0.4) is 0 Å². The van der Waals surface area contributed by atoms with Gasteiger partial charge >= 0.3 is 0 Å². The van der Waals surface area contributed by atoms with Crippen molar-refractivity contribution in [2.24, 2.45) is 0 Å². The minimum atomic E-state index is -0.395. The lowest BCUT2D eigenvalue weighted by Gasteiger charge is -2.22. The van der Waals surface area contributed by atoms with Crippen LogP contribution in [0.2, 0.25) is 0 Å². The molecule has 8 heteroatoms. The normalized spacial score (nSPS) is 15.8. The SMILES string of the molecule is C1CC1.CC(C)Oc1cc2nn(C3CCNCC3)cc2cc1C(=O)Nc1ccc[nH]c1=O. The lowest BCUT2D eigenvalue weighted by molar-refractivity contribution is 0.102. The third kappa shape index (κ3) is 5.56. The fraction of sp³-hybridized carbons (Fsp3) is 0.458. The van der Waals surface area contributed by atoms with Gasteiger partial charge in [-0.25, -0.2) is 0 Å².